The fourth-order valence-corrected chi connectivity index (χ4v) is 4.00. The fourth-order valence-electron chi connectivity index (χ4n) is 2.82. The Kier molecular flexibility index (Phi) is 6.65. The zero-order valence-corrected chi connectivity index (χ0v) is 17.7. The van der Waals surface area contributed by atoms with Gasteiger partial charge in [-0.2, -0.15) is 0 Å². The molecule has 0 radical (unpaired) electrons. The number of hydrogen-bond acceptors (Lipinski definition) is 4. The molecule has 0 spiro atoms. The van der Waals surface area contributed by atoms with Crippen molar-refractivity contribution in [2.45, 2.75) is 31.6 Å². The average Bonchev–Trinajstić information content (AvgIpc) is 2.68. The van der Waals surface area contributed by atoms with Gasteiger partial charge in [0.2, 0.25) is 5.91 Å². The molecule has 2 aromatic carbocycles. The van der Waals surface area contributed by atoms with Gasteiger partial charge in [-0.25, -0.2) is 4.98 Å². The summed E-state index contributed by atoms with van der Waals surface area (Å²) >= 11 is 13.2. The zero-order valence-electron chi connectivity index (χ0n) is 15.4. The van der Waals surface area contributed by atoms with Crippen molar-refractivity contribution < 1.29 is 4.79 Å². The van der Waals surface area contributed by atoms with Gasteiger partial charge in [0.1, 0.15) is 0 Å². The molecule has 1 heterocycles. The summed E-state index contributed by atoms with van der Waals surface area (Å²) in [5, 5.41) is 4.95. The largest absolute Gasteiger partial charge is 0.349 e. The molecule has 1 atom stereocenters. The number of carbonyl (C=O) groups is 1. The summed E-state index contributed by atoms with van der Waals surface area (Å²) in [5.41, 5.74) is 1.39. The molecule has 0 saturated heterocycles. The van der Waals surface area contributed by atoms with Gasteiger partial charge < -0.3 is 5.32 Å². The molecule has 0 aliphatic rings. The van der Waals surface area contributed by atoms with Gasteiger partial charge in [0.25, 0.3) is 5.56 Å². The molecule has 3 aromatic rings. The first-order valence-corrected chi connectivity index (χ1v) is 10.5. The van der Waals surface area contributed by atoms with Crippen LogP contribution in [0, 0.1) is 0 Å². The minimum absolute atomic E-state index is 0.0971. The van der Waals surface area contributed by atoms with Crippen LogP contribution in [0.2, 0.25) is 10.0 Å². The number of thioether (sulfide) groups is 1. The molecule has 0 aliphatic carbocycles. The van der Waals surface area contributed by atoms with E-state index in [1.54, 1.807) is 28.8 Å². The predicted octanol–water partition coefficient (Wildman–Crippen LogP) is 4.69. The van der Waals surface area contributed by atoms with Crippen LogP contribution < -0.4 is 10.9 Å². The summed E-state index contributed by atoms with van der Waals surface area (Å²) in [5.74, 6) is -0.00942. The summed E-state index contributed by atoms with van der Waals surface area (Å²) in [7, 11) is 0. The fraction of sp³-hybridized carbons (Fsp3) is 0.250. The number of para-hydroxylation sites is 1. The van der Waals surface area contributed by atoms with Gasteiger partial charge in [-0.1, -0.05) is 53.2 Å². The van der Waals surface area contributed by atoms with Crippen LogP contribution in [0.4, 0.5) is 0 Å². The van der Waals surface area contributed by atoms with Gasteiger partial charge in [-0.05, 0) is 43.7 Å². The third-order valence-corrected chi connectivity index (χ3v) is 6.01. The van der Waals surface area contributed by atoms with E-state index in [1.165, 1.54) is 11.8 Å². The second kappa shape index (κ2) is 8.99. The molecule has 0 bridgehead atoms. The van der Waals surface area contributed by atoms with E-state index in [2.05, 4.69) is 10.3 Å². The third kappa shape index (κ3) is 4.51. The van der Waals surface area contributed by atoms with Gasteiger partial charge >= 0.3 is 0 Å². The van der Waals surface area contributed by atoms with Crippen molar-refractivity contribution in [2.75, 3.05) is 5.75 Å². The Morgan fingerprint density at radius 3 is 2.68 bits per heavy atom. The Hall–Kier alpha value is -2.02. The molecule has 146 valence electrons. The molecule has 8 heteroatoms. The number of aromatic nitrogens is 2. The van der Waals surface area contributed by atoms with E-state index in [9.17, 15) is 9.59 Å². The molecule has 0 fully saturated rings. The van der Waals surface area contributed by atoms with Crippen molar-refractivity contribution in [2.24, 2.45) is 0 Å². The highest BCUT2D eigenvalue weighted by molar-refractivity contribution is 7.99. The van der Waals surface area contributed by atoms with Crippen LogP contribution >= 0.6 is 35.0 Å². The zero-order chi connectivity index (χ0) is 20.3. The molecular formula is C20H19Cl2N3O2S. The lowest BCUT2D eigenvalue weighted by Crippen LogP contribution is -2.29. The van der Waals surface area contributed by atoms with Crippen molar-refractivity contribution in [3.8, 4) is 0 Å². The van der Waals surface area contributed by atoms with E-state index in [0.717, 1.165) is 5.56 Å². The van der Waals surface area contributed by atoms with Crippen LogP contribution in [-0.2, 0) is 11.3 Å². The molecule has 5 nitrogen and oxygen atoms in total. The number of carbonyl (C=O) groups excluding carboxylic acids is 1. The summed E-state index contributed by atoms with van der Waals surface area (Å²) in [6.45, 7) is 4.24. The van der Waals surface area contributed by atoms with Crippen molar-refractivity contribution in [1.82, 2.24) is 14.9 Å². The van der Waals surface area contributed by atoms with E-state index < -0.39 is 0 Å². The molecule has 28 heavy (non-hydrogen) atoms. The Morgan fingerprint density at radius 2 is 1.96 bits per heavy atom. The number of halogens is 2. The number of rotatable bonds is 6. The van der Waals surface area contributed by atoms with Crippen molar-refractivity contribution in [3.63, 3.8) is 0 Å². The standard InChI is InChI=1S/C20H19Cl2N3O2S/c1-3-25-19(27)14-6-4-5-7-17(14)24-20(25)28-11-18(26)23-12(2)13-8-9-15(21)16(22)10-13/h4-10,12H,3,11H2,1-2H3,(H,23,26). The highest BCUT2D eigenvalue weighted by Crippen LogP contribution is 2.25. The topological polar surface area (TPSA) is 64.0 Å². The summed E-state index contributed by atoms with van der Waals surface area (Å²) in [4.78, 5) is 29.6. The summed E-state index contributed by atoms with van der Waals surface area (Å²) in [6, 6.07) is 12.3. The van der Waals surface area contributed by atoms with Crippen LogP contribution in [-0.4, -0.2) is 21.2 Å². The Bertz CT molecular complexity index is 1080. The maximum atomic E-state index is 12.6. The second-order valence-electron chi connectivity index (χ2n) is 6.21. The highest BCUT2D eigenvalue weighted by atomic mass is 35.5. The number of benzene rings is 2. The van der Waals surface area contributed by atoms with Crippen molar-refractivity contribution >= 4 is 51.8 Å². The van der Waals surface area contributed by atoms with Gasteiger partial charge in [-0.3, -0.25) is 14.2 Å². The summed E-state index contributed by atoms with van der Waals surface area (Å²) < 4.78 is 1.59. The van der Waals surface area contributed by atoms with Crippen molar-refractivity contribution in [1.29, 1.82) is 0 Å². The van der Waals surface area contributed by atoms with E-state index >= 15 is 0 Å². The van der Waals surface area contributed by atoms with E-state index in [-0.39, 0.29) is 23.3 Å². The number of hydrogen-bond donors (Lipinski definition) is 1. The highest BCUT2D eigenvalue weighted by Gasteiger charge is 2.14. The minimum atomic E-state index is -0.221. The third-order valence-electron chi connectivity index (χ3n) is 4.30. The maximum Gasteiger partial charge on any atom is 0.262 e. The predicted molar refractivity (Wildman–Crippen MR) is 115 cm³/mol. The Labute approximate surface area is 177 Å². The van der Waals surface area contributed by atoms with Crippen LogP contribution in [0.15, 0.2) is 52.4 Å². The molecular weight excluding hydrogens is 417 g/mol. The normalized spacial score (nSPS) is 12.1. The molecule has 0 aliphatic heterocycles. The number of nitrogens with one attached hydrogen (secondary N) is 1. The first-order chi connectivity index (χ1) is 13.4. The molecule has 1 N–H and O–H groups in total. The lowest BCUT2D eigenvalue weighted by Gasteiger charge is -2.15. The first kappa shape index (κ1) is 20.7. The van der Waals surface area contributed by atoms with Crippen LogP contribution in [0.3, 0.4) is 0 Å². The monoisotopic (exact) mass is 435 g/mol. The number of nitrogens with zero attached hydrogens (tertiary/aromatic N) is 2. The Morgan fingerprint density at radius 1 is 1.21 bits per heavy atom. The molecule has 1 unspecified atom stereocenters. The molecule has 3 rings (SSSR count). The van der Waals surface area contributed by atoms with E-state index in [0.29, 0.717) is 32.6 Å². The number of amides is 1. The minimum Gasteiger partial charge on any atom is -0.349 e. The van der Waals surface area contributed by atoms with Gasteiger partial charge in [-0.15, -0.1) is 0 Å². The quantitative estimate of drug-likeness (QED) is 0.450. The SMILES string of the molecule is CCn1c(SCC(=O)NC(C)c2ccc(Cl)c(Cl)c2)nc2ccccc2c1=O. The van der Waals surface area contributed by atoms with E-state index in [1.807, 2.05) is 32.0 Å². The maximum absolute atomic E-state index is 12.6. The van der Waals surface area contributed by atoms with Crippen LogP contribution in [0.5, 0.6) is 0 Å². The molecule has 1 aromatic heterocycles. The van der Waals surface area contributed by atoms with Crippen LogP contribution in [0.25, 0.3) is 10.9 Å². The number of fused-ring (bicyclic) bond motifs is 1. The second-order valence-corrected chi connectivity index (χ2v) is 7.97. The van der Waals surface area contributed by atoms with Crippen molar-refractivity contribution in [3.05, 3.63) is 68.4 Å². The average molecular weight is 436 g/mol. The first-order valence-electron chi connectivity index (χ1n) is 8.77. The molecule has 1 amide bonds. The smallest absolute Gasteiger partial charge is 0.262 e. The van der Waals surface area contributed by atoms with Gasteiger partial charge in [0.05, 0.1) is 32.7 Å². The summed E-state index contributed by atoms with van der Waals surface area (Å²) in [6.07, 6.45) is 0. The van der Waals surface area contributed by atoms with E-state index in [4.69, 9.17) is 23.2 Å². The van der Waals surface area contributed by atoms with Crippen LogP contribution in [0.1, 0.15) is 25.5 Å². The molecule has 0 saturated carbocycles. The lowest BCUT2D eigenvalue weighted by molar-refractivity contribution is -0.119. The lowest BCUT2D eigenvalue weighted by atomic mass is 10.1. The van der Waals surface area contributed by atoms with Gasteiger partial charge in [0.15, 0.2) is 5.16 Å². The Balaban J connectivity index is 1.72. The van der Waals surface area contributed by atoms with Gasteiger partial charge in [0, 0.05) is 6.54 Å².